The molecule has 7 nitrogen and oxygen atoms in total. The van der Waals surface area contributed by atoms with Crippen LogP contribution in [0.4, 0.5) is 20.3 Å². The van der Waals surface area contributed by atoms with Gasteiger partial charge in [-0.25, -0.2) is 23.7 Å². The molecule has 0 unspecified atom stereocenters. The minimum atomic E-state index is -2.92. The fourth-order valence-electron chi connectivity index (χ4n) is 4.94. The lowest BCUT2D eigenvalue weighted by Crippen LogP contribution is -2.35. The fraction of sp³-hybridized carbons (Fsp3) is 0.462. The van der Waals surface area contributed by atoms with Crippen molar-refractivity contribution in [3.05, 3.63) is 52.5 Å². The van der Waals surface area contributed by atoms with Crippen LogP contribution in [0, 0.1) is 20.8 Å². The van der Waals surface area contributed by atoms with E-state index >= 15 is 0 Å². The summed E-state index contributed by atoms with van der Waals surface area (Å²) in [5.41, 5.74) is 3.77. The maximum Gasteiger partial charge on any atom is 0.270 e. The van der Waals surface area contributed by atoms with Crippen molar-refractivity contribution < 1.29 is 13.6 Å². The zero-order valence-corrected chi connectivity index (χ0v) is 21.0. The van der Waals surface area contributed by atoms with Crippen molar-refractivity contribution in [3.63, 3.8) is 0 Å². The van der Waals surface area contributed by atoms with Gasteiger partial charge in [-0.15, -0.1) is 0 Å². The predicted molar refractivity (Wildman–Crippen MR) is 134 cm³/mol. The zero-order valence-electron chi connectivity index (χ0n) is 21.0. The third-order valence-corrected chi connectivity index (χ3v) is 6.57. The molecular weight excluding hydrogens is 450 g/mol. The second-order valence-corrected chi connectivity index (χ2v) is 9.49. The van der Waals surface area contributed by atoms with Crippen molar-refractivity contribution in [1.29, 1.82) is 0 Å². The Hall–Kier alpha value is -3.36. The van der Waals surface area contributed by atoms with Gasteiger partial charge in [-0.2, -0.15) is 0 Å². The van der Waals surface area contributed by atoms with Crippen molar-refractivity contribution >= 4 is 28.4 Å². The molecule has 186 valence electrons. The number of aromatic nitrogens is 3. The maximum atomic E-state index is 14.1. The average molecular weight is 483 g/mol. The van der Waals surface area contributed by atoms with Crippen LogP contribution in [0.2, 0.25) is 0 Å². The molecule has 1 aliphatic heterocycles. The SMILES string of the molecule is CC(=O)N[C@@H]1CCN(c2cc3c(N[C@H](C)c4cccc(C(C)(F)F)c4C)nc(C)nc3nc2C)C1. The molecule has 0 bridgehead atoms. The van der Waals surface area contributed by atoms with E-state index in [1.165, 1.54) is 13.0 Å². The Morgan fingerprint density at radius 2 is 1.94 bits per heavy atom. The number of fused-ring (bicyclic) bond motifs is 1. The van der Waals surface area contributed by atoms with Gasteiger partial charge >= 0.3 is 0 Å². The third-order valence-electron chi connectivity index (χ3n) is 6.57. The fourth-order valence-corrected chi connectivity index (χ4v) is 4.94. The van der Waals surface area contributed by atoms with Crippen molar-refractivity contribution in [2.24, 2.45) is 0 Å². The van der Waals surface area contributed by atoms with E-state index in [0.717, 1.165) is 42.2 Å². The highest BCUT2D eigenvalue weighted by molar-refractivity contribution is 5.90. The van der Waals surface area contributed by atoms with E-state index in [9.17, 15) is 13.6 Å². The van der Waals surface area contributed by atoms with Crippen LogP contribution in [0.5, 0.6) is 0 Å². The molecular formula is C26H32F2N6O. The van der Waals surface area contributed by atoms with Gasteiger partial charge in [0.05, 0.1) is 22.8 Å². The lowest BCUT2D eigenvalue weighted by Gasteiger charge is -2.23. The zero-order chi connectivity index (χ0) is 25.5. The van der Waals surface area contributed by atoms with Crippen LogP contribution in [0.1, 0.15) is 61.4 Å². The Kier molecular flexibility index (Phi) is 6.62. The minimum Gasteiger partial charge on any atom is -0.368 e. The summed E-state index contributed by atoms with van der Waals surface area (Å²) in [6.45, 7) is 11.4. The molecule has 0 radical (unpaired) electrons. The van der Waals surface area contributed by atoms with E-state index in [-0.39, 0.29) is 23.6 Å². The molecule has 3 heterocycles. The summed E-state index contributed by atoms with van der Waals surface area (Å²) in [6.07, 6.45) is 0.862. The van der Waals surface area contributed by atoms with Gasteiger partial charge in [0.2, 0.25) is 5.91 Å². The van der Waals surface area contributed by atoms with Gasteiger partial charge in [-0.3, -0.25) is 4.79 Å². The number of aryl methyl sites for hydroxylation is 2. The van der Waals surface area contributed by atoms with Gasteiger partial charge in [0.25, 0.3) is 5.92 Å². The summed E-state index contributed by atoms with van der Waals surface area (Å²) in [4.78, 5) is 27.6. The molecule has 2 aromatic heterocycles. The van der Waals surface area contributed by atoms with Crippen LogP contribution in [0.3, 0.4) is 0 Å². The van der Waals surface area contributed by atoms with Gasteiger partial charge in [-0.1, -0.05) is 18.2 Å². The number of hydrogen-bond donors (Lipinski definition) is 2. The number of anilines is 2. The van der Waals surface area contributed by atoms with E-state index in [4.69, 9.17) is 4.98 Å². The van der Waals surface area contributed by atoms with Gasteiger partial charge < -0.3 is 15.5 Å². The smallest absolute Gasteiger partial charge is 0.270 e. The molecule has 0 spiro atoms. The average Bonchev–Trinajstić information content (AvgIpc) is 3.19. The third kappa shape index (κ3) is 5.18. The summed E-state index contributed by atoms with van der Waals surface area (Å²) < 4.78 is 28.2. The molecule has 4 rings (SSSR count). The number of amides is 1. The number of halogens is 2. The Morgan fingerprint density at radius 1 is 1.20 bits per heavy atom. The lowest BCUT2D eigenvalue weighted by atomic mass is 9.94. The molecule has 1 saturated heterocycles. The highest BCUT2D eigenvalue weighted by Crippen LogP contribution is 2.35. The summed E-state index contributed by atoms with van der Waals surface area (Å²) in [5.74, 6) is -1.77. The minimum absolute atomic E-state index is 0.0229. The van der Waals surface area contributed by atoms with Crippen LogP contribution in [-0.4, -0.2) is 40.0 Å². The first kappa shape index (κ1) is 24.8. The van der Waals surface area contributed by atoms with Gasteiger partial charge in [-0.05, 0) is 51.3 Å². The van der Waals surface area contributed by atoms with Crippen LogP contribution in [-0.2, 0) is 10.7 Å². The molecule has 0 saturated carbocycles. The first-order chi connectivity index (χ1) is 16.4. The van der Waals surface area contributed by atoms with E-state index in [0.29, 0.717) is 29.4 Å². The Bertz CT molecular complexity index is 1270. The van der Waals surface area contributed by atoms with E-state index in [1.807, 2.05) is 32.9 Å². The van der Waals surface area contributed by atoms with Crippen LogP contribution >= 0.6 is 0 Å². The molecule has 1 aliphatic rings. The number of alkyl halides is 2. The number of nitrogens with zero attached hydrogens (tertiary/aromatic N) is 4. The molecule has 0 aliphatic carbocycles. The van der Waals surface area contributed by atoms with E-state index in [2.05, 4.69) is 25.5 Å². The van der Waals surface area contributed by atoms with Crippen molar-refractivity contribution in [2.75, 3.05) is 23.3 Å². The number of hydrogen-bond acceptors (Lipinski definition) is 6. The summed E-state index contributed by atoms with van der Waals surface area (Å²) in [6, 6.07) is 6.86. The van der Waals surface area contributed by atoms with Crippen LogP contribution in [0.15, 0.2) is 24.3 Å². The summed E-state index contributed by atoms with van der Waals surface area (Å²) >= 11 is 0. The van der Waals surface area contributed by atoms with Crippen LogP contribution < -0.4 is 15.5 Å². The summed E-state index contributed by atoms with van der Waals surface area (Å²) in [7, 11) is 0. The highest BCUT2D eigenvalue weighted by Gasteiger charge is 2.28. The number of carbonyl (C=O) groups excluding carboxylic acids is 1. The Labute approximate surface area is 204 Å². The van der Waals surface area contributed by atoms with E-state index in [1.54, 1.807) is 13.0 Å². The van der Waals surface area contributed by atoms with Crippen molar-refractivity contribution in [1.82, 2.24) is 20.3 Å². The predicted octanol–water partition coefficient (Wildman–Crippen LogP) is 4.95. The van der Waals surface area contributed by atoms with Crippen LogP contribution in [0.25, 0.3) is 11.0 Å². The molecule has 1 aromatic carbocycles. The molecule has 35 heavy (non-hydrogen) atoms. The summed E-state index contributed by atoms with van der Waals surface area (Å²) in [5, 5.41) is 7.18. The Morgan fingerprint density at radius 3 is 2.63 bits per heavy atom. The number of carbonyl (C=O) groups is 1. The second-order valence-electron chi connectivity index (χ2n) is 9.49. The molecule has 1 fully saturated rings. The van der Waals surface area contributed by atoms with Gasteiger partial charge in [0.15, 0.2) is 5.65 Å². The molecule has 2 N–H and O–H groups in total. The number of rotatable bonds is 6. The number of pyridine rings is 1. The van der Waals surface area contributed by atoms with Gasteiger partial charge in [0.1, 0.15) is 11.6 Å². The highest BCUT2D eigenvalue weighted by atomic mass is 19.3. The number of benzene rings is 1. The standard InChI is InChI=1S/C26H32F2N6O/c1-14-20(8-7-9-22(14)26(6,27)28)15(2)29-24-21-12-23(16(3)30-25(21)32-17(4)31-24)34-11-10-19(13-34)33-18(5)35/h7-9,12,15,19H,10-11,13H2,1-6H3,(H,33,35)(H,29,30,31,32)/t15-,19-/m1/s1. The van der Waals surface area contributed by atoms with Crippen molar-refractivity contribution in [2.45, 2.75) is 66.0 Å². The second kappa shape index (κ2) is 9.36. The molecule has 9 heteroatoms. The van der Waals surface area contributed by atoms with Crippen molar-refractivity contribution in [3.8, 4) is 0 Å². The topological polar surface area (TPSA) is 83.0 Å². The monoisotopic (exact) mass is 482 g/mol. The molecule has 1 amide bonds. The first-order valence-corrected chi connectivity index (χ1v) is 11.9. The normalized spacial score (nSPS) is 17.0. The Balaban J connectivity index is 1.69. The first-order valence-electron chi connectivity index (χ1n) is 11.9. The number of nitrogens with one attached hydrogen (secondary N) is 2. The quantitative estimate of drug-likeness (QED) is 0.517. The van der Waals surface area contributed by atoms with E-state index < -0.39 is 5.92 Å². The lowest BCUT2D eigenvalue weighted by molar-refractivity contribution is -0.119. The molecule has 2 atom stereocenters. The molecule has 3 aromatic rings. The largest absolute Gasteiger partial charge is 0.368 e. The van der Waals surface area contributed by atoms with Gasteiger partial charge in [0, 0.05) is 38.5 Å². The maximum absolute atomic E-state index is 14.1.